The van der Waals surface area contributed by atoms with Crippen molar-refractivity contribution in [3.05, 3.63) is 0 Å². The third-order valence-electron chi connectivity index (χ3n) is 2.22. The minimum absolute atomic E-state index is 0. The first-order valence-electron chi connectivity index (χ1n) is 3.89. The molecule has 0 bridgehead atoms. The number of halogens is 2. The Morgan fingerprint density at radius 2 is 1.82 bits per heavy atom. The molecule has 0 heterocycles. The Morgan fingerprint density at radius 3 is 2.09 bits per heavy atom. The Balaban J connectivity index is 0.000001000. The van der Waals surface area contributed by atoms with Crippen LogP contribution in [0.1, 0.15) is 39.5 Å². The van der Waals surface area contributed by atoms with E-state index in [-0.39, 0.29) is 17.8 Å². The SMILES string of the molecule is CC1(C)CCC[C@@](N)(F)C1.Cl. The molecule has 1 fully saturated rings. The second-order valence-corrected chi connectivity index (χ2v) is 4.23. The van der Waals surface area contributed by atoms with Crippen LogP contribution in [0.15, 0.2) is 0 Å². The van der Waals surface area contributed by atoms with Gasteiger partial charge < -0.3 is 0 Å². The summed E-state index contributed by atoms with van der Waals surface area (Å²) in [6.45, 7) is 4.15. The highest BCUT2D eigenvalue weighted by Crippen LogP contribution is 2.40. The van der Waals surface area contributed by atoms with E-state index in [4.69, 9.17) is 5.73 Å². The van der Waals surface area contributed by atoms with E-state index in [1.165, 1.54) is 0 Å². The minimum atomic E-state index is -1.39. The van der Waals surface area contributed by atoms with Crippen molar-refractivity contribution < 1.29 is 4.39 Å². The molecule has 68 valence electrons. The van der Waals surface area contributed by atoms with Crippen LogP contribution in [0.3, 0.4) is 0 Å². The van der Waals surface area contributed by atoms with Crippen LogP contribution in [-0.2, 0) is 0 Å². The quantitative estimate of drug-likeness (QED) is 0.572. The number of rotatable bonds is 0. The van der Waals surface area contributed by atoms with Gasteiger partial charge in [-0.15, -0.1) is 12.4 Å². The maximum absolute atomic E-state index is 13.1. The van der Waals surface area contributed by atoms with Gasteiger partial charge in [0.2, 0.25) is 0 Å². The molecule has 1 atom stereocenters. The highest BCUT2D eigenvalue weighted by molar-refractivity contribution is 5.85. The van der Waals surface area contributed by atoms with Crippen molar-refractivity contribution in [2.45, 2.75) is 45.3 Å². The fourth-order valence-electron chi connectivity index (χ4n) is 1.83. The number of alkyl halides is 1. The fraction of sp³-hybridized carbons (Fsp3) is 1.00. The topological polar surface area (TPSA) is 26.0 Å². The van der Waals surface area contributed by atoms with Crippen LogP contribution < -0.4 is 5.73 Å². The highest BCUT2D eigenvalue weighted by atomic mass is 35.5. The van der Waals surface area contributed by atoms with E-state index in [1.54, 1.807) is 0 Å². The Bertz CT molecular complexity index is 120. The summed E-state index contributed by atoms with van der Waals surface area (Å²) in [6.07, 6.45) is 3.09. The smallest absolute Gasteiger partial charge is 0.159 e. The average Bonchev–Trinajstić information content (AvgIpc) is 1.56. The summed E-state index contributed by atoms with van der Waals surface area (Å²) in [6, 6.07) is 0. The summed E-state index contributed by atoms with van der Waals surface area (Å²) < 4.78 is 13.1. The van der Waals surface area contributed by atoms with Crippen LogP contribution in [0, 0.1) is 5.41 Å². The van der Waals surface area contributed by atoms with Crippen LogP contribution in [0.25, 0.3) is 0 Å². The summed E-state index contributed by atoms with van der Waals surface area (Å²) in [4.78, 5) is 0. The standard InChI is InChI=1S/C8H16FN.ClH/c1-7(2)4-3-5-8(9,10)6-7;/h3-6,10H2,1-2H3;1H/t8-;/m0./s1. The van der Waals surface area contributed by atoms with Crippen LogP contribution in [0.5, 0.6) is 0 Å². The highest BCUT2D eigenvalue weighted by Gasteiger charge is 2.36. The molecule has 0 aliphatic heterocycles. The Labute approximate surface area is 73.9 Å². The van der Waals surface area contributed by atoms with Crippen LogP contribution in [0.4, 0.5) is 4.39 Å². The average molecular weight is 182 g/mol. The van der Waals surface area contributed by atoms with Gasteiger partial charge in [0.25, 0.3) is 0 Å². The van der Waals surface area contributed by atoms with Crippen molar-refractivity contribution in [1.82, 2.24) is 0 Å². The van der Waals surface area contributed by atoms with Gasteiger partial charge in [0.05, 0.1) is 0 Å². The maximum Gasteiger partial charge on any atom is 0.159 e. The van der Waals surface area contributed by atoms with E-state index in [2.05, 4.69) is 13.8 Å². The van der Waals surface area contributed by atoms with Crippen molar-refractivity contribution >= 4 is 12.4 Å². The molecule has 0 amide bonds. The van der Waals surface area contributed by atoms with Crippen molar-refractivity contribution in [1.29, 1.82) is 0 Å². The third-order valence-corrected chi connectivity index (χ3v) is 2.22. The molecule has 1 aliphatic rings. The van der Waals surface area contributed by atoms with Gasteiger partial charge in [0.1, 0.15) is 0 Å². The molecule has 0 saturated heterocycles. The van der Waals surface area contributed by atoms with Gasteiger partial charge in [-0.1, -0.05) is 13.8 Å². The maximum atomic E-state index is 13.1. The van der Waals surface area contributed by atoms with Crippen LogP contribution in [0.2, 0.25) is 0 Å². The second kappa shape index (κ2) is 3.28. The summed E-state index contributed by atoms with van der Waals surface area (Å²) in [5.41, 5.74) is 5.50. The first-order valence-corrected chi connectivity index (χ1v) is 3.89. The molecule has 0 spiro atoms. The van der Waals surface area contributed by atoms with Gasteiger partial charge in [0.15, 0.2) is 5.79 Å². The lowest BCUT2D eigenvalue weighted by Gasteiger charge is -2.37. The molecular formula is C8H17ClFN. The first-order chi connectivity index (χ1) is 4.41. The lowest BCUT2D eigenvalue weighted by molar-refractivity contribution is 0.0443. The molecule has 0 aromatic carbocycles. The number of nitrogens with two attached hydrogens (primary N) is 1. The fourth-order valence-corrected chi connectivity index (χ4v) is 1.83. The molecule has 2 N–H and O–H groups in total. The zero-order chi connectivity index (χ0) is 7.83. The predicted octanol–water partition coefficient (Wildman–Crippen LogP) is 2.63. The summed E-state index contributed by atoms with van der Waals surface area (Å²) in [5, 5.41) is 0. The van der Waals surface area contributed by atoms with E-state index in [0.29, 0.717) is 12.8 Å². The molecule has 1 saturated carbocycles. The summed E-state index contributed by atoms with van der Waals surface area (Å²) in [5.74, 6) is -1.39. The first kappa shape index (κ1) is 11.2. The molecule has 0 aromatic heterocycles. The number of hydrogen-bond acceptors (Lipinski definition) is 1. The van der Waals surface area contributed by atoms with Crippen LogP contribution >= 0.6 is 12.4 Å². The molecule has 1 aliphatic carbocycles. The monoisotopic (exact) mass is 181 g/mol. The molecule has 1 rings (SSSR count). The summed E-state index contributed by atoms with van der Waals surface area (Å²) in [7, 11) is 0. The van der Waals surface area contributed by atoms with E-state index in [1.807, 2.05) is 0 Å². The molecule has 1 nitrogen and oxygen atoms in total. The minimum Gasteiger partial charge on any atom is -0.299 e. The Hall–Kier alpha value is 0.180. The summed E-state index contributed by atoms with van der Waals surface area (Å²) >= 11 is 0. The van der Waals surface area contributed by atoms with Crippen molar-refractivity contribution in [3.63, 3.8) is 0 Å². The van der Waals surface area contributed by atoms with Crippen LogP contribution in [-0.4, -0.2) is 5.79 Å². The van der Waals surface area contributed by atoms with Gasteiger partial charge in [-0.2, -0.15) is 0 Å². The second-order valence-electron chi connectivity index (χ2n) is 4.23. The van der Waals surface area contributed by atoms with Crippen molar-refractivity contribution in [2.24, 2.45) is 11.1 Å². The van der Waals surface area contributed by atoms with E-state index in [9.17, 15) is 4.39 Å². The molecular weight excluding hydrogens is 165 g/mol. The Morgan fingerprint density at radius 1 is 1.27 bits per heavy atom. The third kappa shape index (κ3) is 3.39. The van der Waals surface area contributed by atoms with Gasteiger partial charge in [-0.25, -0.2) is 4.39 Å². The van der Waals surface area contributed by atoms with E-state index in [0.717, 1.165) is 12.8 Å². The van der Waals surface area contributed by atoms with E-state index >= 15 is 0 Å². The molecule has 0 unspecified atom stereocenters. The van der Waals surface area contributed by atoms with Gasteiger partial charge in [-0.05, 0) is 31.1 Å². The van der Waals surface area contributed by atoms with E-state index < -0.39 is 5.79 Å². The van der Waals surface area contributed by atoms with Gasteiger partial charge in [0, 0.05) is 0 Å². The van der Waals surface area contributed by atoms with Crippen molar-refractivity contribution in [3.8, 4) is 0 Å². The molecule has 0 aromatic rings. The molecule has 0 radical (unpaired) electrons. The van der Waals surface area contributed by atoms with Gasteiger partial charge in [-0.3, -0.25) is 5.73 Å². The number of hydrogen-bond donors (Lipinski definition) is 1. The largest absolute Gasteiger partial charge is 0.299 e. The Kier molecular flexibility index (Phi) is 3.33. The van der Waals surface area contributed by atoms with Crippen molar-refractivity contribution in [2.75, 3.05) is 0 Å². The zero-order valence-corrected chi connectivity index (χ0v) is 8.01. The normalized spacial score (nSPS) is 36.0. The zero-order valence-electron chi connectivity index (χ0n) is 7.19. The predicted molar refractivity (Wildman–Crippen MR) is 47.5 cm³/mol. The molecule has 11 heavy (non-hydrogen) atoms. The van der Waals surface area contributed by atoms with Gasteiger partial charge >= 0.3 is 0 Å². The lowest BCUT2D eigenvalue weighted by Crippen LogP contribution is -2.42. The molecule has 3 heteroatoms. The lowest BCUT2D eigenvalue weighted by atomic mass is 9.74.